The monoisotopic (exact) mass is 289 g/mol. The van der Waals surface area contributed by atoms with Gasteiger partial charge in [0.1, 0.15) is 11.6 Å². The van der Waals surface area contributed by atoms with Crippen LogP contribution in [0.1, 0.15) is 40.8 Å². The van der Waals surface area contributed by atoms with E-state index in [1.54, 1.807) is 32.9 Å². The first-order valence-corrected chi connectivity index (χ1v) is 7.20. The van der Waals surface area contributed by atoms with Crippen molar-refractivity contribution in [3.05, 3.63) is 69.8 Å². The van der Waals surface area contributed by atoms with Crippen molar-refractivity contribution in [1.82, 2.24) is 5.32 Å². The summed E-state index contributed by atoms with van der Waals surface area (Å²) < 4.78 is 27.6. The molecule has 0 radical (unpaired) electrons. The molecule has 0 bridgehead atoms. The summed E-state index contributed by atoms with van der Waals surface area (Å²) in [4.78, 5) is 0. The Morgan fingerprint density at radius 3 is 2.05 bits per heavy atom. The second kappa shape index (κ2) is 6.35. The first-order chi connectivity index (χ1) is 9.93. The molecule has 21 heavy (non-hydrogen) atoms. The molecule has 1 nitrogen and oxygen atoms in total. The smallest absolute Gasteiger partial charge is 0.129 e. The van der Waals surface area contributed by atoms with Gasteiger partial charge in [0.05, 0.1) is 6.04 Å². The minimum Gasteiger partial charge on any atom is -0.307 e. The first-order valence-electron chi connectivity index (χ1n) is 7.20. The van der Waals surface area contributed by atoms with Gasteiger partial charge in [-0.15, -0.1) is 0 Å². The fourth-order valence-electron chi connectivity index (χ4n) is 2.57. The number of hydrogen-bond donors (Lipinski definition) is 1. The maximum Gasteiger partial charge on any atom is 0.129 e. The average Bonchev–Trinajstić information content (AvgIpc) is 2.45. The van der Waals surface area contributed by atoms with Gasteiger partial charge in [-0.05, 0) is 61.2 Å². The largest absolute Gasteiger partial charge is 0.307 e. The third kappa shape index (κ3) is 3.30. The molecular weight excluding hydrogens is 268 g/mol. The summed E-state index contributed by atoms with van der Waals surface area (Å²) in [6.45, 7) is 8.00. The zero-order valence-corrected chi connectivity index (χ0v) is 12.9. The Bertz CT molecular complexity index is 627. The highest BCUT2D eigenvalue weighted by Gasteiger charge is 2.16. The van der Waals surface area contributed by atoms with Crippen molar-refractivity contribution < 1.29 is 8.78 Å². The predicted octanol–water partition coefficient (Wildman–Crippen LogP) is 4.59. The second-order valence-corrected chi connectivity index (χ2v) is 5.47. The Hall–Kier alpha value is -1.74. The summed E-state index contributed by atoms with van der Waals surface area (Å²) in [7, 11) is 0. The lowest BCUT2D eigenvalue weighted by molar-refractivity contribution is 0.589. The minimum atomic E-state index is -0.217. The van der Waals surface area contributed by atoms with Crippen LogP contribution in [0, 0.1) is 32.4 Å². The van der Waals surface area contributed by atoms with Gasteiger partial charge in [-0.2, -0.15) is 0 Å². The van der Waals surface area contributed by atoms with Crippen LogP contribution >= 0.6 is 0 Å². The fourth-order valence-corrected chi connectivity index (χ4v) is 2.57. The highest BCUT2D eigenvalue weighted by atomic mass is 19.1. The molecule has 1 N–H and O–H groups in total. The van der Waals surface area contributed by atoms with Gasteiger partial charge >= 0.3 is 0 Å². The molecule has 3 heteroatoms. The van der Waals surface area contributed by atoms with Crippen molar-refractivity contribution >= 4 is 0 Å². The maximum absolute atomic E-state index is 13.8. The van der Waals surface area contributed by atoms with Crippen LogP contribution in [0.15, 0.2) is 30.3 Å². The molecule has 0 aromatic heterocycles. The normalized spacial score (nSPS) is 12.5. The Labute approximate surface area is 125 Å². The summed E-state index contributed by atoms with van der Waals surface area (Å²) in [5.74, 6) is -0.393. The second-order valence-electron chi connectivity index (χ2n) is 5.47. The average molecular weight is 289 g/mol. The molecule has 0 fully saturated rings. The van der Waals surface area contributed by atoms with Crippen LogP contribution in [-0.4, -0.2) is 6.54 Å². The third-order valence-electron chi connectivity index (χ3n) is 3.73. The molecule has 0 aliphatic heterocycles. The van der Waals surface area contributed by atoms with Gasteiger partial charge in [0, 0.05) is 0 Å². The zero-order chi connectivity index (χ0) is 15.6. The lowest BCUT2D eigenvalue weighted by Crippen LogP contribution is -2.22. The third-order valence-corrected chi connectivity index (χ3v) is 3.73. The molecule has 0 aliphatic carbocycles. The van der Waals surface area contributed by atoms with Crippen molar-refractivity contribution in [1.29, 1.82) is 0 Å². The predicted molar refractivity (Wildman–Crippen MR) is 82.5 cm³/mol. The van der Waals surface area contributed by atoms with Crippen molar-refractivity contribution in [2.45, 2.75) is 33.7 Å². The number of rotatable bonds is 4. The molecule has 1 unspecified atom stereocenters. The van der Waals surface area contributed by atoms with Gasteiger partial charge in [-0.25, -0.2) is 8.78 Å². The number of hydrogen-bond acceptors (Lipinski definition) is 1. The van der Waals surface area contributed by atoms with E-state index in [0.29, 0.717) is 16.7 Å². The van der Waals surface area contributed by atoms with E-state index in [2.05, 4.69) is 5.32 Å². The summed E-state index contributed by atoms with van der Waals surface area (Å²) in [5, 5.41) is 3.35. The Kier molecular flexibility index (Phi) is 4.73. The Balaban J connectivity index is 2.50. The molecule has 1 atom stereocenters. The summed E-state index contributed by atoms with van der Waals surface area (Å²) in [5.41, 5.74) is 3.66. The Morgan fingerprint density at radius 2 is 1.52 bits per heavy atom. The van der Waals surface area contributed by atoms with E-state index < -0.39 is 0 Å². The van der Waals surface area contributed by atoms with Crippen LogP contribution in [0.2, 0.25) is 0 Å². The van der Waals surface area contributed by atoms with E-state index in [-0.39, 0.29) is 17.7 Å². The van der Waals surface area contributed by atoms with Gasteiger partial charge in [0.15, 0.2) is 0 Å². The van der Waals surface area contributed by atoms with Crippen molar-refractivity contribution in [2.75, 3.05) is 6.54 Å². The molecule has 2 aromatic rings. The van der Waals surface area contributed by atoms with Crippen LogP contribution in [0.3, 0.4) is 0 Å². The van der Waals surface area contributed by atoms with E-state index >= 15 is 0 Å². The van der Waals surface area contributed by atoms with E-state index in [9.17, 15) is 8.78 Å². The van der Waals surface area contributed by atoms with Crippen molar-refractivity contribution in [3.63, 3.8) is 0 Å². The maximum atomic E-state index is 13.8. The summed E-state index contributed by atoms with van der Waals surface area (Å²) in [6, 6.07) is 8.76. The number of aryl methyl sites for hydroxylation is 3. The minimum absolute atomic E-state index is 0.136. The van der Waals surface area contributed by atoms with Crippen molar-refractivity contribution in [2.24, 2.45) is 0 Å². The lowest BCUT2D eigenvalue weighted by Gasteiger charge is -2.21. The molecular formula is C18H21F2N. The summed E-state index contributed by atoms with van der Waals surface area (Å²) in [6.07, 6.45) is 0. The molecule has 0 saturated carbocycles. The molecule has 0 saturated heterocycles. The fraction of sp³-hybridized carbons (Fsp3) is 0.333. The van der Waals surface area contributed by atoms with E-state index in [1.807, 2.05) is 25.1 Å². The van der Waals surface area contributed by atoms with Gasteiger partial charge in [-0.3, -0.25) is 0 Å². The van der Waals surface area contributed by atoms with Crippen LogP contribution in [0.4, 0.5) is 8.78 Å². The van der Waals surface area contributed by atoms with Gasteiger partial charge in [-0.1, -0.05) is 31.2 Å². The van der Waals surface area contributed by atoms with Crippen LogP contribution in [0.25, 0.3) is 0 Å². The SMILES string of the molecule is CCNC(c1cc(C)c(F)c(C)c1)c1ccc(C)c(F)c1. The highest BCUT2D eigenvalue weighted by Crippen LogP contribution is 2.26. The number of benzene rings is 2. The van der Waals surface area contributed by atoms with E-state index in [0.717, 1.165) is 17.7 Å². The first kappa shape index (κ1) is 15.6. The topological polar surface area (TPSA) is 12.0 Å². The zero-order valence-electron chi connectivity index (χ0n) is 12.9. The quantitative estimate of drug-likeness (QED) is 0.868. The van der Waals surface area contributed by atoms with Gasteiger partial charge in [0.25, 0.3) is 0 Å². The molecule has 0 aliphatic rings. The number of halogens is 2. The molecule has 112 valence electrons. The summed E-state index contributed by atoms with van der Waals surface area (Å²) >= 11 is 0. The van der Waals surface area contributed by atoms with Gasteiger partial charge < -0.3 is 5.32 Å². The van der Waals surface area contributed by atoms with Crippen LogP contribution in [0.5, 0.6) is 0 Å². The van der Waals surface area contributed by atoms with Crippen LogP contribution < -0.4 is 5.32 Å². The molecule has 0 heterocycles. The standard InChI is InChI=1S/C18H21F2N/c1-5-21-18(14-7-6-11(2)16(19)10-14)15-8-12(3)17(20)13(4)9-15/h6-10,18,21H,5H2,1-4H3. The number of nitrogens with one attached hydrogen (secondary N) is 1. The Morgan fingerprint density at radius 1 is 0.905 bits per heavy atom. The molecule has 2 aromatic carbocycles. The van der Waals surface area contributed by atoms with Gasteiger partial charge in [0.2, 0.25) is 0 Å². The van der Waals surface area contributed by atoms with Crippen molar-refractivity contribution in [3.8, 4) is 0 Å². The molecule has 2 rings (SSSR count). The van der Waals surface area contributed by atoms with E-state index in [1.165, 1.54) is 0 Å². The molecule has 0 amide bonds. The highest BCUT2D eigenvalue weighted by molar-refractivity contribution is 5.38. The molecule has 0 spiro atoms. The van der Waals surface area contributed by atoms with Crippen LogP contribution in [-0.2, 0) is 0 Å². The lowest BCUT2D eigenvalue weighted by atomic mass is 9.94. The van der Waals surface area contributed by atoms with E-state index in [4.69, 9.17) is 0 Å².